The Balaban J connectivity index is 1.34. The molecule has 1 saturated carbocycles. The van der Waals surface area contributed by atoms with Crippen molar-refractivity contribution in [3.63, 3.8) is 0 Å². The van der Waals surface area contributed by atoms with Gasteiger partial charge in [-0.3, -0.25) is 9.59 Å². The van der Waals surface area contributed by atoms with Crippen LogP contribution in [0.25, 0.3) is 20.7 Å². The van der Waals surface area contributed by atoms with E-state index in [2.05, 4.69) is 24.9 Å². The molecule has 204 valence electrons. The molecule has 0 bridgehead atoms. The van der Waals surface area contributed by atoms with Crippen LogP contribution in [0.5, 0.6) is 0 Å². The number of furan rings is 1. The average molecular weight is 568 g/mol. The van der Waals surface area contributed by atoms with E-state index in [1.54, 1.807) is 24.7 Å². The van der Waals surface area contributed by atoms with E-state index in [4.69, 9.17) is 20.6 Å². The Bertz CT molecular complexity index is 1560. The summed E-state index contributed by atoms with van der Waals surface area (Å²) in [6.07, 6.45) is 9.05. The molecule has 6 rings (SSSR count). The third kappa shape index (κ3) is 5.22. The van der Waals surface area contributed by atoms with E-state index in [1.807, 2.05) is 6.07 Å². The minimum Gasteiger partial charge on any atom is -0.459 e. The molecule has 0 radical (unpaired) electrons. The summed E-state index contributed by atoms with van der Waals surface area (Å²) in [7, 11) is 0. The fraction of sp³-hybridized carbons (Fsp3) is 0.385. The summed E-state index contributed by atoms with van der Waals surface area (Å²) in [5, 5.41) is 7.65. The summed E-state index contributed by atoms with van der Waals surface area (Å²) < 4.78 is 16.3. The zero-order chi connectivity index (χ0) is 26.9. The number of rotatable bonds is 7. The van der Waals surface area contributed by atoms with Crippen LogP contribution in [0.2, 0.25) is 0 Å². The number of primary amides is 1. The first-order chi connectivity index (χ1) is 19.0. The molecule has 6 N–H and O–H groups in total. The van der Waals surface area contributed by atoms with Gasteiger partial charge >= 0.3 is 0 Å². The highest BCUT2D eigenvalue weighted by Crippen LogP contribution is 2.42. The molecule has 2 atom stereocenters. The van der Waals surface area contributed by atoms with Gasteiger partial charge in [0.15, 0.2) is 11.3 Å². The summed E-state index contributed by atoms with van der Waals surface area (Å²) in [4.78, 5) is 32.4. The molecule has 39 heavy (non-hydrogen) atoms. The maximum absolute atomic E-state index is 12.9. The zero-order valence-electron chi connectivity index (χ0n) is 21.1. The normalized spacial score (nSPS) is 19.8. The van der Waals surface area contributed by atoms with Crippen molar-refractivity contribution in [1.29, 1.82) is 0 Å². The fourth-order valence-corrected chi connectivity index (χ4v) is 7.05. The molecule has 0 unspecified atom stereocenters. The van der Waals surface area contributed by atoms with Gasteiger partial charge in [0.25, 0.3) is 5.91 Å². The lowest BCUT2D eigenvalue weighted by molar-refractivity contribution is 0.0996. The average Bonchev–Trinajstić information content (AvgIpc) is 3.57. The number of nitrogens with one attached hydrogen (secondary N) is 2. The molecule has 1 aliphatic carbocycles. The number of carbonyl (C=O) groups excluding carboxylic acids is 1. The van der Waals surface area contributed by atoms with E-state index in [9.17, 15) is 9.59 Å². The van der Waals surface area contributed by atoms with E-state index < -0.39 is 5.91 Å². The number of fused-ring (bicyclic) bond motifs is 1. The molecule has 2 aliphatic rings. The Morgan fingerprint density at radius 1 is 1.13 bits per heavy atom. The summed E-state index contributed by atoms with van der Waals surface area (Å²) in [5.41, 5.74) is 14.8. The lowest BCUT2D eigenvalue weighted by Crippen LogP contribution is -2.42. The van der Waals surface area contributed by atoms with Gasteiger partial charge in [-0.15, -0.1) is 11.3 Å². The number of carbonyl (C=O) groups is 1. The third-order valence-electron chi connectivity index (χ3n) is 7.13. The van der Waals surface area contributed by atoms with Crippen LogP contribution in [0.4, 0.5) is 22.1 Å². The molecule has 1 amide bonds. The van der Waals surface area contributed by atoms with Crippen molar-refractivity contribution in [2.45, 2.75) is 37.8 Å². The molecule has 1 aliphatic heterocycles. The van der Waals surface area contributed by atoms with Gasteiger partial charge in [-0.05, 0) is 30.4 Å². The van der Waals surface area contributed by atoms with Crippen LogP contribution in [0.1, 0.15) is 36.2 Å². The summed E-state index contributed by atoms with van der Waals surface area (Å²) in [6, 6.07) is 3.63. The van der Waals surface area contributed by atoms with Gasteiger partial charge in [-0.1, -0.05) is 12.8 Å². The van der Waals surface area contributed by atoms with Crippen molar-refractivity contribution in [2.24, 2.45) is 11.5 Å². The first-order valence-corrected chi connectivity index (χ1v) is 14.5. The molecular weight excluding hydrogens is 538 g/mol. The van der Waals surface area contributed by atoms with E-state index in [1.165, 1.54) is 22.9 Å². The molecule has 0 aromatic carbocycles. The molecular formula is C26H29N7O4S2. The van der Waals surface area contributed by atoms with Crippen molar-refractivity contribution in [3.05, 3.63) is 46.7 Å². The Labute approximate surface area is 232 Å². The molecule has 0 spiro atoms. The maximum atomic E-state index is 12.9. The van der Waals surface area contributed by atoms with Gasteiger partial charge in [0, 0.05) is 31.2 Å². The van der Waals surface area contributed by atoms with Gasteiger partial charge in [-0.25, -0.2) is 4.98 Å². The number of aromatic nitrogens is 2. The minimum absolute atomic E-state index is 0.0579. The third-order valence-corrected chi connectivity index (χ3v) is 9.16. The predicted molar refractivity (Wildman–Crippen MR) is 154 cm³/mol. The van der Waals surface area contributed by atoms with Crippen LogP contribution in [0, 0.1) is 0 Å². The minimum atomic E-state index is -0.648. The Morgan fingerprint density at radius 2 is 1.95 bits per heavy atom. The van der Waals surface area contributed by atoms with Crippen molar-refractivity contribution in [2.75, 3.05) is 41.8 Å². The van der Waals surface area contributed by atoms with E-state index in [-0.39, 0.29) is 23.2 Å². The van der Waals surface area contributed by atoms with Crippen molar-refractivity contribution in [3.8, 4) is 10.4 Å². The molecule has 11 nitrogen and oxygen atoms in total. The smallest absolute Gasteiger partial charge is 0.269 e. The highest BCUT2D eigenvalue weighted by Gasteiger charge is 2.24. The summed E-state index contributed by atoms with van der Waals surface area (Å²) in [5.74, 6) is -0.648. The van der Waals surface area contributed by atoms with Gasteiger partial charge in [0.05, 0.1) is 62.8 Å². The van der Waals surface area contributed by atoms with Crippen LogP contribution in [-0.2, 0) is 4.74 Å². The lowest BCUT2D eigenvalue weighted by atomic mass is 9.91. The van der Waals surface area contributed by atoms with E-state index in [0.29, 0.717) is 30.2 Å². The van der Waals surface area contributed by atoms with Crippen molar-refractivity contribution in [1.82, 2.24) is 9.36 Å². The number of nitrogens with zero attached hydrogens (tertiary/aromatic N) is 3. The maximum Gasteiger partial charge on any atom is 0.269 e. The summed E-state index contributed by atoms with van der Waals surface area (Å²) >= 11 is 2.77. The predicted octanol–water partition coefficient (Wildman–Crippen LogP) is 3.73. The number of morpholine rings is 1. The highest BCUT2D eigenvalue weighted by atomic mass is 32.1. The quantitative estimate of drug-likeness (QED) is 0.259. The van der Waals surface area contributed by atoms with Crippen LogP contribution >= 0.6 is 22.9 Å². The first-order valence-electron chi connectivity index (χ1n) is 12.9. The van der Waals surface area contributed by atoms with Crippen LogP contribution in [-0.4, -0.2) is 53.7 Å². The second-order valence-corrected chi connectivity index (χ2v) is 11.6. The highest BCUT2D eigenvalue weighted by molar-refractivity contribution is 7.23. The SMILES string of the molecule is NC(=O)c1ncc(N[C@H]2CCCC[C@H]2N)cc1Nc1cnsc1-c1coc2c(=O)cc(N3CCOCC3)sc12. The van der Waals surface area contributed by atoms with Crippen molar-refractivity contribution < 1.29 is 13.9 Å². The van der Waals surface area contributed by atoms with Gasteiger partial charge < -0.3 is 36.2 Å². The molecule has 4 aromatic rings. The second kappa shape index (κ2) is 10.9. The van der Waals surface area contributed by atoms with Gasteiger partial charge in [0.2, 0.25) is 5.43 Å². The molecule has 2 fully saturated rings. The van der Waals surface area contributed by atoms with Crippen LogP contribution in [0.3, 0.4) is 0 Å². The fourth-order valence-electron chi connectivity index (χ4n) is 5.08. The topological polar surface area (TPSA) is 162 Å². The van der Waals surface area contributed by atoms with Crippen molar-refractivity contribution >= 4 is 61.1 Å². The Morgan fingerprint density at radius 3 is 2.74 bits per heavy atom. The molecule has 13 heteroatoms. The second-order valence-electron chi connectivity index (χ2n) is 9.73. The number of hydrogen-bond acceptors (Lipinski definition) is 12. The number of amides is 1. The number of nitrogens with two attached hydrogens (primary N) is 2. The monoisotopic (exact) mass is 567 g/mol. The van der Waals surface area contributed by atoms with E-state index >= 15 is 0 Å². The van der Waals surface area contributed by atoms with Crippen LogP contribution < -0.4 is 32.4 Å². The molecule has 5 heterocycles. The number of anilines is 4. The zero-order valence-corrected chi connectivity index (χ0v) is 22.8. The lowest BCUT2D eigenvalue weighted by Gasteiger charge is -2.30. The van der Waals surface area contributed by atoms with Gasteiger partial charge in [-0.2, -0.15) is 4.37 Å². The molecule has 4 aromatic heterocycles. The van der Waals surface area contributed by atoms with Gasteiger partial charge in [0.1, 0.15) is 6.26 Å². The summed E-state index contributed by atoms with van der Waals surface area (Å²) in [6.45, 7) is 2.69. The molecule has 1 saturated heterocycles. The van der Waals surface area contributed by atoms with E-state index in [0.717, 1.165) is 64.6 Å². The van der Waals surface area contributed by atoms with Crippen LogP contribution in [0.15, 0.2) is 40.0 Å². The standard InChI is InChI=1S/C26H29N7O4S2/c27-16-3-1-2-4-17(16)31-14-9-18(22(26(28)35)29-11-14)32-19-12-30-39-24(19)15-13-37-23-20(34)10-21(38-25(15)23)33-5-7-36-8-6-33/h9-13,16-17,31-32H,1-8,27H2,(H2,28,35)/t16-,17+/m1/s1. The largest absolute Gasteiger partial charge is 0.459 e. The first kappa shape index (κ1) is 25.7. The Kier molecular flexibility index (Phi) is 7.21. The Hall–Kier alpha value is -3.52. The number of hydrogen-bond donors (Lipinski definition) is 4. The number of pyridine rings is 1. The number of ether oxygens (including phenoxy) is 1.